The predicted molar refractivity (Wildman–Crippen MR) is 88.9 cm³/mol. The number of amides is 1. The molecule has 3 aromatic rings. The Morgan fingerprint density at radius 2 is 1.92 bits per heavy atom. The van der Waals surface area contributed by atoms with E-state index in [9.17, 15) is 9.59 Å². The minimum Gasteiger partial charge on any atom is -0.451 e. The number of rotatable bonds is 3. The first-order chi connectivity index (χ1) is 11.7. The molecule has 24 heavy (non-hydrogen) atoms. The number of carbonyl (C=O) groups excluding carboxylic acids is 2. The molecule has 0 saturated carbocycles. The highest BCUT2D eigenvalue weighted by molar-refractivity contribution is 6.03. The number of para-hydroxylation sites is 2. The molecular weight excluding hydrogens is 306 g/mol. The molecule has 1 aliphatic heterocycles. The van der Waals surface area contributed by atoms with Gasteiger partial charge in [-0.25, -0.2) is 4.79 Å². The van der Waals surface area contributed by atoms with E-state index in [4.69, 9.17) is 4.74 Å². The number of hydrogen-bond donors (Lipinski definition) is 1. The predicted octanol–water partition coefficient (Wildman–Crippen LogP) is 2.31. The van der Waals surface area contributed by atoms with E-state index in [2.05, 4.69) is 10.2 Å². The van der Waals surface area contributed by atoms with E-state index in [1.54, 1.807) is 11.0 Å². The van der Waals surface area contributed by atoms with E-state index >= 15 is 0 Å². The van der Waals surface area contributed by atoms with Crippen molar-refractivity contribution in [2.75, 3.05) is 18.1 Å². The van der Waals surface area contributed by atoms with E-state index in [0.29, 0.717) is 11.9 Å². The molecular formula is C18H15N3O3. The van der Waals surface area contributed by atoms with Crippen LogP contribution in [0.3, 0.4) is 0 Å². The minimum atomic E-state index is -0.603. The van der Waals surface area contributed by atoms with E-state index in [1.165, 1.54) is 0 Å². The molecule has 120 valence electrons. The van der Waals surface area contributed by atoms with Crippen LogP contribution in [-0.2, 0) is 16.0 Å². The van der Waals surface area contributed by atoms with Crippen LogP contribution in [0.5, 0.6) is 0 Å². The number of aromatic nitrogens is 2. The zero-order valence-electron chi connectivity index (χ0n) is 12.9. The van der Waals surface area contributed by atoms with Gasteiger partial charge >= 0.3 is 5.97 Å². The van der Waals surface area contributed by atoms with Gasteiger partial charge in [0.2, 0.25) is 0 Å². The fourth-order valence-electron chi connectivity index (χ4n) is 2.99. The monoisotopic (exact) mass is 321 g/mol. The van der Waals surface area contributed by atoms with Gasteiger partial charge in [0.15, 0.2) is 12.3 Å². The first-order valence-electron chi connectivity index (χ1n) is 7.72. The number of hydrogen-bond acceptors (Lipinski definition) is 4. The zero-order chi connectivity index (χ0) is 16.5. The molecule has 1 aromatic heterocycles. The third-order valence-corrected chi connectivity index (χ3v) is 4.18. The van der Waals surface area contributed by atoms with Gasteiger partial charge in [-0.1, -0.05) is 36.4 Å². The molecule has 1 amide bonds. The maximum absolute atomic E-state index is 12.4. The van der Waals surface area contributed by atoms with Crippen LogP contribution < -0.4 is 4.90 Å². The maximum atomic E-state index is 12.4. The highest BCUT2D eigenvalue weighted by Crippen LogP contribution is 2.27. The first-order valence-corrected chi connectivity index (χ1v) is 7.72. The summed E-state index contributed by atoms with van der Waals surface area (Å²) in [6, 6.07) is 15.0. The lowest BCUT2D eigenvalue weighted by atomic mass is 10.2. The van der Waals surface area contributed by atoms with Gasteiger partial charge in [-0.15, -0.1) is 0 Å². The van der Waals surface area contributed by atoms with Crippen molar-refractivity contribution in [1.82, 2.24) is 10.2 Å². The van der Waals surface area contributed by atoms with Gasteiger partial charge in [0.05, 0.1) is 5.52 Å². The summed E-state index contributed by atoms with van der Waals surface area (Å²) >= 11 is 0. The number of nitrogens with zero attached hydrogens (tertiary/aromatic N) is 2. The number of carbonyl (C=O) groups is 2. The Morgan fingerprint density at radius 1 is 1.12 bits per heavy atom. The smallest absolute Gasteiger partial charge is 0.359 e. The number of aromatic amines is 1. The second kappa shape index (κ2) is 5.81. The lowest BCUT2D eigenvalue weighted by molar-refractivity contribution is -0.121. The Hall–Kier alpha value is -3.15. The Labute approximate surface area is 138 Å². The van der Waals surface area contributed by atoms with Crippen LogP contribution in [0.15, 0.2) is 48.5 Å². The molecule has 1 aliphatic rings. The van der Waals surface area contributed by atoms with Crippen LogP contribution in [-0.4, -0.2) is 35.2 Å². The van der Waals surface area contributed by atoms with Crippen LogP contribution in [0.25, 0.3) is 10.9 Å². The van der Waals surface area contributed by atoms with Crippen molar-refractivity contribution in [2.24, 2.45) is 0 Å². The molecule has 6 nitrogen and oxygen atoms in total. The zero-order valence-corrected chi connectivity index (χ0v) is 12.9. The average molecular weight is 321 g/mol. The molecule has 0 spiro atoms. The molecule has 0 bridgehead atoms. The number of esters is 1. The van der Waals surface area contributed by atoms with Crippen LogP contribution >= 0.6 is 0 Å². The van der Waals surface area contributed by atoms with Gasteiger partial charge in [0, 0.05) is 17.6 Å². The molecule has 2 heterocycles. The van der Waals surface area contributed by atoms with Crippen LogP contribution in [0, 0.1) is 0 Å². The highest BCUT2D eigenvalue weighted by Gasteiger charge is 2.25. The summed E-state index contributed by atoms with van der Waals surface area (Å²) < 4.78 is 5.17. The Balaban J connectivity index is 1.45. The summed E-state index contributed by atoms with van der Waals surface area (Å²) in [6.45, 7) is 0.315. The van der Waals surface area contributed by atoms with Gasteiger partial charge in [0.1, 0.15) is 0 Å². The first kappa shape index (κ1) is 14.4. The Kier molecular flexibility index (Phi) is 3.49. The molecule has 2 aromatic carbocycles. The number of fused-ring (bicyclic) bond motifs is 2. The normalized spacial score (nSPS) is 13.1. The number of anilines is 1. The number of H-pyrrole nitrogens is 1. The lowest BCUT2D eigenvalue weighted by Crippen LogP contribution is -2.33. The SMILES string of the molecule is O=C(OCC(=O)N1CCc2ccccc21)c1n[nH]c2ccccc12. The molecule has 0 radical (unpaired) electrons. The number of nitrogens with one attached hydrogen (secondary N) is 1. The van der Waals surface area contributed by atoms with Crippen LogP contribution in [0.1, 0.15) is 16.1 Å². The third kappa shape index (κ3) is 2.42. The van der Waals surface area contributed by atoms with Crippen molar-refractivity contribution >= 4 is 28.5 Å². The maximum Gasteiger partial charge on any atom is 0.359 e. The van der Waals surface area contributed by atoms with Crippen molar-refractivity contribution in [3.05, 3.63) is 59.8 Å². The van der Waals surface area contributed by atoms with Crippen LogP contribution in [0.2, 0.25) is 0 Å². The average Bonchev–Trinajstić information content (AvgIpc) is 3.23. The molecule has 0 fully saturated rings. The van der Waals surface area contributed by atoms with Crippen molar-refractivity contribution in [3.8, 4) is 0 Å². The summed E-state index contributed by atoms with van der Waals surface area (Å²) in [4.78, 5) is 26.2. The van der Waals surface area contributed by atoms with Gasteiger partial charge < -0.3 is 9.64 Å². The summed E-state index contributed by atoms with van der Waals surface area (Å²) in [5.41, 5.74) is 2.98. The second-order valence-electron chi connectivity index (χ2n) is 5.62. The van der Waals surface area contributed by atoms with E-state index in [-0.39, 0.29) is 18.2 Å². The van der Waals surface area contributed by atoms with Gasteiger partial charge in [-0.05, 0) is 24.1 Å². The van der Waals surface area contributed by atoms with Crippen molar-refractivity contribution < 1.29 is 14.3 Å². The van der Waals surface area contributed by atoms with Crippen molar-refractivity contribution in [1.29, 1.82) is 0 Å². The molecule has 1 N–H and O–H groups in total. The van der Waals surface area contributed by atoms with E-state index in [0.717, 1.165) is 23.2 Å². The van der Waals surface area contributed by atoms with Crippen LogP contribution in [0.4, 0.5) is 5.69 Å². The van der Waals surface area contributed by atoms with E-state index < -0.39 is 5.97 Å². The summed E-state index contributed by atoms with van der Waals surface area (Å²) in [7, 11) is 0. The summed E-state index contributed by atoms with van der Waals surface area (Å²) in [6.07, 6.45) is 0.819. The number of ether oxygens (including phenoxy) is 1. The van der Waals surface area contributed by atoms with Crippen molar-refractivity contribution in [2.45, 2.75) is 6.42 Å². The Bertz CT molecular complexity index is 932. The molecule has 0 atom stereocenters. The fourth-order valence-corrected chi connectivity index (χ4v) is 2.99. The largest absolute Gasteiger partial charge is 0.451 e. The third-order valence-electron chi connectivity index (χ3n) is 4.18. The van der Waals surface area contributed by atoms with Crippen molar-refractivity contribution in [3.63, 3.8) is 0 Å². The second-order valence-corrected chi connectivity index (χ2v) is 5.62. The van der Waals surface area contributed by atoms with Gasteiger partial charge in [-0.2, -0.15) is 5.10 Å². The number of benzene rings is 2. The quantitative estimate of drug-likeness (QED) is 0.751. The molecule has 0 aliphatic carbocycles. The highest BCUT2D eigenvalue weighted by atomic mass is 16.5. The fraction of sp³-hybridized carbons (Fsp3) is 0.167. The van der Waals surface area contributed by atoms with Gasteiger partial charge in [0.25, 0.3) is 5.91 Å². The summed E-state index contributed by atoms with van der Waals surface area (Å²) in [5, 5.41) is 7.44. The molecule has 4 rings (SSSR count). The van der Waals surface area contributed by atoms with Gasteiger partial charge in [-0.3, -0.25) is 9.89 Å². The minimum absolute atomic E-state index is 0.195. The summed E-state index contributed by atoms with van der Waals surface area (Å²) in [5.74, 6) is -0.832. The lowest BCUT2D eigenvalue weighted by Gasteiger charge is -2.16. The Morgan fingerprint density at radius 3 is 2.83 bits per heavy atom. The molecule has 0 saturated heterocycles. The molecule has 6 heteroatoms. The molecule has 0 unspecified atom stereocenters. The topological polar surface area (TPSA) is 75.3 Å². The van der Waals surface area contributed by atoms with E-state index in [1.807, 2.05) is 42.5 Å². The standard InChI is InChI=1S/C18H15N3O3/c22-16(21-10-9-12-5-1-4-8-15(12)21)11-24-18(23)17-13-6-2-3-7-14(13)19-20-17/h1-8H,9-11H2,(H,19,20).